The summed E-state index contributed by atoms with van der Waals surface area (Å²) in [6, 6.07) is 11.0. The summed E-state index contributed by atoms with van der Waals surface area (Å²) in [6.07, 6.45) is -0.138. The van der Waals surface area contributed by atoms with Crippen LogP contribution in [-0.2, 0) is 0 Å². The number of ketones is 1. The van der Waals surface area contributed by atoms with E-state index in [1.807, 2.05) is 0 Å². The molecule has 2 aromatic rings. The van der Waals surface area contributed by atoms with Crippen molar-refractivity contribution in [3.63, 3.8) is 0 Å². The molecule has 0 aromatic heterocycles. The number of halogens is 2. The summed E-state index contributed by atoms with van der Waals surface area (Å²) < 4.78 is 18.7. The fourth-order valence-electron chi connectivity index (χ4n) is 2.16. The van der Waals surface area contributed by atoms with Gasteiger partial charge in [-0.1, -0.05) is 23.7 Å². The van der Waals surface area contributed by atoms with E-state index >= 15 is 0 Å². The Bertz CT molecular complexity index is 637. The lowest BCUT2D eigenvalue weighted by Crippen LogP contribution is -2.20. The van der Waals surface area contributed by atoms with E-state index in [2.05, 4.69) is 0 Å². The first-order valence-corrected chi connectivity index (χ1v) is 6.26. The molecule has 1 unspecified atom stereocenters. The second-order valence-electron chi connectivity index (χ2n) is 4.43. The molecule has 0 amide bonds. The number of fused-ring (bicyclic) bond motifs is 1. The zero-order valence-corrected chi connectivity index (χ0v) is 10.7. The van der Waals surface area contributed by atoms with Crippen molar-refractivity contribution < 1.29 is 13.9 Å². The lowest BCUT2D eigenvalue weighted by molar-refractivity contribution is 0.0850. The van der Waals surface area contributed by atoms with Gasteiger partial charge in [-0.25, -0.2) is 4.39 Å². The van der Waals surface area contributed by atoms with Gasteiger partial charge in [0.15, 0.2) is 5.78 Å². The largest absolute Gasteiger partial charge is 0.484 e. The highest BCUT2D eigenvalue weighted by Crippen LogP contribution is 2.36. The van der Waals surface area contributed by atoms with Crippen molar-refractivity contribution in [1.82, 2.24) is 0 Å². The highest BCUT2D eigenvalue weighted by Gasteiger charge is 2.27. The molecular formula is C15H10ClFO2. The molecule has 96 valence electrons. The lowest BCUT2D eigenvalue weighted by Gasteiger charge is -2.25. The average molecular weight is 277 g/mol. The van der Waals surface area contributed by atoms with Crippen molar-refractivity contribution in [3.8, 4) is 5.75 Å². The molecule has 0 N–H and O–H groups in total. The molecule has 0 aliphatic carbocycles. The molecule has 0 saturated carbocycles. The molecule has 0 bridgehead atoms. The third kappa shape index (κ3) is 2.34. The molecule has 4 heteroatoms. The molecular weight excluding hydrogens is 267 g/mol. The fraction of sp³-hybridized carbons (Fsp3) is 0.133. The molecule has 0 spiro atoms. The summed E-state index contributed by atoms with van der Waals surface area (Å²) >= 11 is 5.86. The minimum atomic E-state index is -0.373. The Kier molecular flexibility index (Phi) is 2.99. The number of hydrogen-bond donors (Lipinski definition) is 0. The van der Waals surface area contributed by atoms with Crippen molar-refractivity contribution in [2.24, 2.45) is 0 Å². The van der Waals surface area contributed by atoms with E-state index < -0.39 is 0 Å². The van der Waals surface area contributed by atoms with Crippen LogP contribution in [0.2, 0.25) is 5.02 Å². The third-order valence-electron chi connectivity index (χ3n) is 3.12. The summed E-state index contributed by atoms with van der Waals surface area (Å²) in [5.41, 5.74) is 1.29. The molecule has 1 aliphatic rings. The van der Waals surface area contributed by atoms with E-state index in [-0.39, 0.29) is 24.1 Å². The molecule has 3 rings (SSSR count). The van der Waals surface area contributed by atoms with E-state index in [0.717, 1.165) is 5.56 Å². The zero-order chi connectivity index (χ0) is 13.4. The number of benzene rings is 2. The molecule has 1 aliphatic heterocycles. The predicted octanol–water partition coefficient (Wildman–Crippen LogP) is 4.19. The van der Waals surface area contributed by atoms with Crippen LogP contribution in [0.4, 0.5) is 4.39 Å². The third-order valence-corrected chi connectivity index (χ3v) is 3.36. The number of rotatable bonds is 1. The van der Waals surface area contributed by atoms with Gasteiger partial charge in [0, 0.05) is 5.02 Å². The Hall–Kier alpha value is -1.87. The van der Waals surface area contributed by atoms with Gasteiger partial charge < -0.3 is 4.74 Å². The predicted molar refractivity (Wildman–Crippen MR) is 70.2 cm³/mol. The monoisotopic (exact) mass is 276 g/mol. The van der Waals surface area contributed by atoms with E-state index in [1.165, 1.54) is 12.1 Å². The minimum absolute atomic E-state index is 0.0157. The molecule has 0 saturated heterocycles. The Morgan fingerprint density at radius 1 is 1.16 bits per heavy atom. The van der Waals surface area contributed by atoms with Crippen molar-refractivity contribution in [2.45, 2.75) is 12.5 Å². The molecule has 19 heavy (non-hydrogen) atoms. The summed E-state index contributed by atoms with van der Waals surface area (Å²) in [7, 11) is 0. The van der Waals surface area contributed by atoms with Gasteiger partial charge in [0.1, 0.15) is 17.7 Å². The number of carbonyl (C=O) groups excluding carboxylic acids is 1. The van der Waals surface area contributed by atoms with Crippen LogP contribution in [0, 0.1) is 5.82 Å². The molecule has 0 fully saturated rings. The molecule has 1 atom stereocenters. The van der Waals surface area contributed by atoms with E-state index in [4.69, 9.17) is 16.3 Å². The number of hydrogen-bond acceptors (Lipinski definition) is 2. The molecule has 1 heterocycles. The number of ether oxygens (including phenoxy) is 1. The van der Waals surface area contributed by atoms with Crippen molar-refractivity contribution >= 4 is 17.4 Å². The molecule has 2 nitrogen and oxygen atoms in total. The Labute approximate surface area is 114 Å². The van der Waals surface area contributed by atoms with Crippen LogP contribution in [0.15, 0.2) is 42.5 Å². The first kappa shape index (κ1) is 12.2. The first-order valence-electron chi connectivity index (χ1n) is 5.88. The number of Topliss-reactive ketones (excluding diaryl/α,β-unsaturated/α-hetero) is 1. The maximum absolute atomic E-state index is 12.9. The Morgan fingerprint density at radius 2 is 1.89 bits per heavy atom. The number of carbonyl (C=O) groups is 1. The van der Waals surface area contributed by atoms with Crippen LogP contribution in [0.1, 0.15) is 28.4 Å². The van der Waals surface area contributed by atoms with Gasteiger partial charge in [-0.2, -0.15) is 0 Å². The van der Waals surface area contributed by atoms with Crippen LogP contribution >= 0.6 is 11.6 Å². The van der Waals surface area contributed by atoms with Crippen LogP contribution in [0.25, 0.3) is 0 Å². The van der Waals surface area contributed by atoms with Crippen molar-refractivity contribution in [3.05, 3.63) is 64.4 Å². The summed E-state index contributed by atoms with van der Waals surface area (Å²) in [6.45, 7) is 0. The Balaban J connectivity index is 1.95. The van der Waals surface area contributed by atoms with Gasteiger partial charge in [0.2, 0.25) is 0 Å². The van der Waals surface area contributed by atoms with Gasteiger partial charge in [-0.05, 0) is 35.9 Å². The van der Waals surface area contributed by atoms with Crippen LogP contribution < -0.4 is 4.74 Å². The normalized spacial score (nSPS) is 17.8. The highest BCUT2D eigenvalue weighted by atomic mass is 35.5. The second-order valence-corrected chi connectivity index (χ2v) is 4.86. The van der Waals surface area contributed by atoms with Crippen LogP contribution in [-0.4, -0.2) is 5.78 Å². The fourth-order valence-corrected chi connectivity index (χ4v) is 2.33. The zero-order valence-electron chi connectivity index (χ0n) is 9.90. The van der Waals surface area contributed by atoms with Gasteiger partial charge in [0.25, 0.3) is 0 Å². The topological polar surface area (TPSA) is 26.3 Å². The molecule has 0 radical (unpaired) electrons. The first-order chi connectivity index (χ1) is 9.13. The van der Waals surface area contributed by atoms with Gasteiger partial charge in [-0.15, -0.1) is 0 Å². The Morgan fingerprint density at radius 3 is 2.63 bits per heavy atom. The lowest BCUT2D eigenvalue weighted by atomic mass is 9.96. The van der Waals surface area contributed by atoms with Crippen LogP contribution in [0.3, 0.4) is 0 Å². The van der Waals surface area contributed by atoms with Gasteiger partial charge >= 0.3 is 0 Å². The van der Waals surface area contributed by atoms with Gasteiger partial charge in [0.05, 0.1) is 12.0 Å². The van der Waals surface area contributed by atoms with E-state index in [1.54, 1.807) is 30.3 Å². The SMILES string of the molecule is O=C1CC(c2ccc(F)cc2)Oc2ccc(Cl)cc21. The standard InChI is InChI=1S/C15H10ClFO2/c16-10-3-6-14-12(7-10)13(18)8-15(19-14)9-1-4-11(17)5-2-9/h1-7,15H,8H2. The maximum Gasteiger partial charge on any atom is 0.170 e. The smallest absolute Gasteiger partial charge is 0.170 e. The molecule has 2 aromatic carbocycles. The second kappa shape index (κ2) is 4.67. The summed E-state index contributed by atoms with van der Waals surface area (Å²) in [5.74, 6) is 0.200. The van der Waals surface area contributed by atoms with Gasteiger partial charge in [-0.3, -0.25) is 4.79 Å². The quantitative estimate of drug-likeness (QED) is 0.781. The maximum atomic E-state index is 12.9. The minimum Gasteiger partial charge on any atom is -0.484 e. The van der Waals surface area contributed by atoms with Crippen LogP contribution in [0.5, 0.6) is 5.75 Å². The van der Waals surface area contributed by atoms with Crippen molar-refractivity contribution in [1.29, 1.82) is 0 Å². The summed E-state index contributed by atoms with van der Waals surface area (Å²) in [4.78, 5) is 12.1. The van der Waals surface area contributed by atoms with E-state index in [0.29, 0.717) is 16.3 Å². The average Bonchev–Trinajstić information content (AvgIpc) is 2.40. The summed E-state index contributed by atoms with van der Waals surface area (Å²) in [5, 5.41) is 0.510. The van der Waals surface area contributed by atoms with E-state index in [9.17, 15) is 9.18 Å². The van der Waals surface area contributed by atoms with Crippen molar-refractivity contribution in [2.75, 3.05) is 0 Å². The highest BCUT2D eigenvalue weighted by molar-refractivity contribution is 6.31.